The fraction of sp³-hybridized carbons (Fsp3) is 0. The Bertz CT molecular complexity index is 250. The van der Waals surface area contributed by atoms with Crippen LogP contribution in [0.5, 0.6) is 0 Å². The molecule has 0 bridgehead atoms. The molecule has 1 rings (SSSR count). The van der Waals surface area contributed by atoms with Gasteiger partial charge in [0, 0.05) is 16.1 Å². The minimum absolute atomic E-state index is 0.194. The van der Waals surface area contributed by atoms with Crippen LogP contribution in [0, 0.1) is 5.82 Å². The van der Waals surface area contributed by atoms with Crippen LogP contribution in [0.2, 0.25) is 0 Å². The number of pyridine rings is 1. The maximum atomic E-state index is 12.7. The normalized spacial score (nSPS) is 9.82. The first-order chi connectivity index (χ1) is 5.13. The highest BCUT2D eigenvalue weighted by Gasteiger charge is 2.19. The molecular formula is C5H4BBrFNO2. The molecule has 11 heavy (non-hydrogen) atoms. The van der Waals surface area contributed by atoms with Gasteiger partial charge < -0.3 is 10.0 Å². The molecule has 0 fully saturated rings. The Labute approximate surface area is 71.2 Å². The minimum Gasteiger partial charge on any atom is -0.423 e. The lowest BCUT2D eigenvalue weighted by Gasteiger charge is -2.01. The smallest absolute Gasteiger partial charge is 0.423 e. The molecule has 2 N–H and O–H groups in total. The predicted octanol–water partition coefficient (Wildman–Crippen LogP) is -0.337. The Morgan fingerprint density at radius 3 is 2.45 bits per heavy atom. The molecule has 0 atom stereocenters. The van der Waals surface area contributed by atoms with Crippen molar-refractivity contribution in [2.45, 2.75) is 0 Å². The summed E-state index contributed by atoms with van der Waals surface area (Å²) in [6, 6.07) is 0. The van der Waals surface area contributed by atoms with Crippen molar-refractivity contribution in [3.63, 3.8) is 0 Å². The Morgan fingerprint density at radius 2 is 2.09 bits per heavy atom. The number of aromatic nitrogens is 1. The van der Waals surface area contributed by atoms with Crippen LogP contribution in [0.4, 0.5) is 4.39 Å². The van der Waals surface area contributed by atoms with E-state index in [0.29, 0.717) is 0 Å². The van der Waals surface area contributed by atoms with Crippen molar-refractivity contribution in [2.24, 2.45) is 0 Å². The molecule has 0 saturated heterocycles. The van der Waals surface area contributed by atoms with Gasteiger partial charge in [-0.15, -0.1) is 0 Å². The van der Waals surface area contributed by atoms with E-state index >= 15 is 0 Å². The summed E-state index contributed by atoms with van der Waals surface area (Å²) in [7, 11) is -1.81. The highest BCUT2D eigenvalue weighted by atomic mass is 79.9. The molecule has 0 saturated carbocycles. The zero-order chi connectivity index (χ0) is 8.43. The van der Waals surface area contributed by atoms with Crippen molar-refractivity contribution >= 4 is 28.5 Å². The number of hydrogen-bond acceptors (Lipinski definition) is 3. The van der Waals surface area contributed by atoms with E-state index in [0.717, 1.165) is 6.20 Å². The topological polar surface area (TPSA) is 53.4 Å². The van der Waals surface area contributed by atoms with Gasteiger partial charge in [0.2, 0.25) is 0 Å². The molecular weight excluding hydrogens is 216 g/mol. The Morgan fingerprint density at radius 1 is 1.45 bits per heavy atom. The Kier molecular flexibility index (Phi) is 2.59. The summed E-state index contributed by atoms with van der Waals surface area (Å²) in [6.07, 6.45) is 2.21. The van der Waals surface area contributed by atoms with Gasteiger partial charge in [-0.1, -0.05) is 0 Å². The molecule has 0 aromatic carbocycles. The van der Waals surface area contributed by atoms with Gasteiger partial charge in [0.05, 0.1) is 6.20 Å². The SMILES string of the molecule is OB(O)c1c(F)cncc1Br. The minimum atomic E-state index is -1.81. The van der Waals surface area contributed by atoms with Crippen LogP contribution < -0.4 is 5.46 Å². The van der Waals surface area contributed by atoms with E-state index in [4.69, 9.17) is 10.0 Å². The van der Waals surface area contributed by atoms with Crippen molar-refractivity contribution in [2.75, 3.05) is 0 Å². The average molecular weight is 220 g/mol. The maximum Gasteiger partial charge on any atom is 0.492 e. The van der Waals surface area contributed by atoms with E-state index in [2.05, 4.69) is 20.9 Å². The van der Waals surface area contributed by atoms with Gasteiger partial charge >= 0.3 is 7.12 Å². The maximum absolute atomic E-state index is 12.7. The van der Waals surface area contributed by atoms with Crippen LogP contribution in [0.1, 0.15) is 0 Å². The van der Waals surface area contributed by atoms with Crippen molar-refractivity contribution in [3.8, 4) is 0 Å². The zero-order valence-electron chi connectivity index (χ0n) is 5.33. The van der Waals surface area contributed by atoms with E-state index in [9.17, 15) is 4.39 Å². The summed E-state index contributed by atoms with van der Waals surface area (Å²) in [4.78, 5) is 3.48. The quantitative estimate of drug-likeness (QED) is 0.636. The lowest BCUT2D eigenvalue weighted by atomic mass is 9.81. The number of nitrogens with zero attached hydrogens (tertiary/aromatic N) is 1. The second kappa shape index (κ2) is 3.29. The first kappa shape index (κ1) is 8.64. The monoisotopic (exact) mass is 219 g/mol. The van der Waals surface area contributed by atoms with E-state index in [-0.39, 0.29) is 9.94 Å². The second-order valence-electron chi connectivity index (χ2n) is 1.89. The summed E-state index contributed by atoms with van der Waals surface area (Å²) in [5.74, 6) is -0.741. The summed E-state index contributed by atoms with van der Waals surface area (Å²) >= 11 is 2.93. The number of rotatable bonds is 1. The molecule has 0 unspecified atom stereocenters. The largest absolute Gasteiger partial charge is 0.492 e. The van der Waals surface area contributed by atoms with Crippen LogP contribution in [-0.2, 0) is 0 Å². The molecule has 0 radical (unpaired) electrons. The fourth-order valence-corrected chi connectivity index (χ4v) is 1.18. The van der Waals surface area contributed by atoms with Crippen molar-refractivity contribution in [3.05, 3.63) is 22.7 Å². The number of hydrogen-bond donors (Lipinski definition) is 2. The third-order valence-corrected chi connectivity index (χ3v) is 1.78. The average Bonchev–Trinajstić information content (AvgIpc) is 1.85. The first-order valence-corrected chi connectivity index (χ1v) is 3.57. The molecule has 0 aliphatic carbocycles. The van der Waals surface area contributed by atoms with Gasteiger partial charge in [0.15, 0.2) is 0 Å². The van der Waals surface area contributed by atoms with Crippen LogP contribution in [0.25, 0.3) is 0 Å². The lowest BCUT2D eigenvalue weighted by molar-refractivity contribution is 0.422. The van der Waals surface area contributed by atoms with Gasteiger partial charge in [0.25, 0.3) is 0 Å². The van der Waals surface area contributed by atoms with E-state index in [1.165, 1.54) is 6.20 Å². The number of halogens is 2. The predicted molar refractivity (Wildman–Crippen MR) is 41.7 cm³/mol. The van der Waals surface area contributed by atoms with E-state index in [1.54, 1.807) is 0 Å². The van der Waals surface area contributed by atoms with Gasteiger partial charge in [-0.25, -0.2) is 4.39 Å². The van der Waals surface area contributed by atoms with E-state index < -0.39 is 12.9 Å². The summed E-state index contributed by atoms with van der Waals surface area (Å²) < 4.78 is 12.9. The molecule has 1 aromatic heterocycles. The Hall–Kier alpha value is -0.455. The molecule has 0 aliphatic heterocycles. The van der Waals surface area contributed by atoms with Gasteiger partial charge in [-0.05, 0) is 15.9 Å². The fourth-order valence-electron chi connectivity index (χ4n) is 0.668. The molecule has 3 nitrogen and oxygen atoms in total. The molecule has 1 heterocycles. The summed E-state index contributed by atoms with van der Waals surface area (Å²) in [5.41, 5.74) is -0.194. The molecule has 58 valence electrons. The summed E-state index contributed by atoms with van der Waals surface area (Å²) in [5, 5.41) is 17.3. The van der Waals surface area contributed by atoms with Crippen LogP contribution in [0.3, 0.4) is 0 Å². The van der Waals surface area contributed by atoms with Gasteiger partial charge in [0.1, 0.15) is 5.82 Å². The zero-order valence-corrected chi connectivity index (χ0v) is 6.92. The van der Waals surface area contributed by atoms with Crippen LogP contribution in [-0.4, -0.2) is 22.2 Å². The third kappa shape index (κ3) is 1.77. The Balaban J connectivity index is 3.21. The van der Waals surface area contributed by atoms with Crippen molar-refractivity contribution in [1.29, 1.82) is 0 Å². The van der Waals surface area contributed by atoms with Crippen LogP contribution in [0.15, 0.2) is 16.9 Å². The molecule has 0 spiro atoms. The lowest BCUT2D eigenvalue weighted by Crippen LogP contribution is -2.34. The molecule has 1 aromatic rings. The summed E-state index contributed by atoms with van der Waals surface area (Å²) in [6.45, 7) is 0. The van der Waals surface area contributed by atoms with Crippen LogP contribution >= 0.6 is 15.9 Å². The second-order valence-corrected chi connectivity index (χ2v) is 2.74. The van der Waals surface area contributed by atoms with E-state index in [1.807, 2.05) is 0 Å². The molecule has 6 heteroatoms. The van der Waals surface area contributed by atoms with Gasteiger partial charge in [-0.3, -0.25) is 4.98 Å². The molecule has 0 aliphatic rings. The van der Waals surface area contributed by atoms with Crippen molar-refractivity contribution in [1.82, 2.24) is 4.98 Å². The van der Waals surface area contributed by atoms with Gasteiger partial charge in [-0.2, -0.15) is 0 Å². The van der Waals surface area contributed by atoms with Crippen molar-refractivity contribution < 1.29 is 14.4 Å². The first-order valence-electron chi connectivity index (χ1n) is 2.78. The standard InChI is InChI=1S/C5H4BBrFNO2/c7-3-1-9-2-4(8)5(3)6(10)11/h1-2,10-11H. The highest BCUT2D eigenvalue weighted by molar-refractivity contribution is 9.10. The third-order valence-electron chi connectivity index (χ3n) is 1.15. The highest BCUT2D eigenvalue weighted by Crippen LogP contribution is 2.06. The molecule has 0 amide bonds.